The van der Waals surface area contributed by atoms with E-state index in [2.05, 4.69) is 36.4 Å². The first-order chi connectivity index (χ1) is 8.84. The van der Waals surface area contributed by atoms with Crippen LogP contribution >= 0.6 is 0 Å². The highest BCUT2D eigenvalue weighted by molar-refractivity contribution is 7.91. The van der Waals surface area contributed by atoms with Crippen LogP contribution < -0.4 is 10.6 Å². The summed E-state index contributed by atoms with van der Waals surface area (Å²) < 4.78 is 22.8. The largest absolute Gasteiger partial charge is 0.357 e. The summed E-state index contributed by atoms with van der Waals surface area (Å²) >= 11 is 0. The minimum atomic E-state index is -2.80. The fourth-order valence-corrected chi connectivity index (χ4v) is 3.79. The molecule has 112 valence electrons. The van der Waals surface area contributed by atoms with Crippen LogP contribution in [0, 0.1) is 11.8 Å². The topological polar surface area (TPSA) is 70.6 Å². The maximum absolute atomic E-state index is 11.4. The minimum absolute atomic E-state index is 0.176. The van der Waals surface area contributed by atoms with Gasteiger partial charge >= 0.3 is 0 Å². The molecule has 5 nitrogen and oxygen atoms in total. The van der Waals surface area contributed by atoms with Crippen molar-refractivity contribution >= 4 is 15.8 Å². The van der Waals surface area contributed by atoms with Crippen molar-refractivity contribution < 1.29 is 8.42 Å². The Morgan fingerprint density at radius 1 is 1.37 bits per heavy atom. The van der Waals surface area contributed by atoms with Crippen molar-refractivity contribution in [3.63, 3.8) is 0 Å². The first-order valence-corrected chi connectivity index (χ1v) is 8.91. The molecule has 19 heavy (non-hydrogen) atoms. The van der Waals surface area contributed by atoms with Gasteiger partial charge in [0.05, 0.1) is 11.5 Å². The lowest BCUT2D eigenvalue weighted by atomic mass is 10.1. The third-order valence-electron chi connectivity index (χ3n) is 3.54. The third-order valence-corrected chi connectivity index (χ3v) is 5.38. The third kappa shape index (κ3) is 5.80. The maximum Gasteiger partial charge on any atom is 0.191 e. The fourth-order valence-electron chi connectivity index (χ4n) is 1.94. The molecule has 0 aliphatic carbocycles. The second kappa shape index (κ2) is 7.12. The van der Waals surface area contributed by atoms with Gasteiger partial charge in [-0.15, -0.1) is 0 Å². The molecule has 1 saturated heterocycles. The molecular formula is C13H27N3O2S. The number of aliphatic imine (C=N–C) groups is 1. The van der Waals surface area contributed by atoms with Crippen molar-refractivity contribution in [2.24, 2.45) is 16.8 Å². The van der Waals surface area contributed by atoms with Gasteiger partial charge in [0, 0.05) is 19.1 Å². The van der Waals surface area contributed by atoms with E-state index in [9.17, 15) is 8.42 Å². The molecule has 1 aliphatic heterocycles. The molecule has 1 fully saturated rings. The summed E-state index contributed by atoms with van der Waals surface area (Å²) in [4.78, 5) is 4.51. The van der Waals surface area contributed by atoms with Crippen molar-refractivity contribution in [3.8, 4) is 0 Å². The molecule has 2 N–H and O–H groups in total. The molecule has 0 amide bonds. The van der Waals surface area contributed by atoms with Crippen LogP contribution in [0.3, 0.4) is 0 Å². The van der Waals surface area contributed by atoms with Crippen molar-refractivity contribution in [1.82, 2.24) is 10.6 Å². The van der Waals surface area contributed by atoms with Gasteiger partial charge in [0.15, 0.2) is 15.8 Å². The van der Waals surface area contributed by atoms with Gasteiger partial charge in [-0.25, -0.2) is 8.42 Å². The maximum atomic E-state index is 11.4. The molecule has 2 atom stereocenters. The van der Waals surface area contributed by atoms with Crippen LogP contribution in [0.2, 0.25) is 0 Å². The van der Waals surface area contributed by atoms with E-state index in [0.717, 1.165) is 18.9 Å². The number of nitrogens with zero attached hydrogens (tertiary/aromatic N) is 1. The molecule has 0 aromatic carbocycles. The zero-order valence-corrected chi connectivity index (χ0v) is 13.3. The summed E-state index contributed by atoms with van der Waals surface area (Å²) in [5.41, 5.74) is 0. The Bertz CT molecular complexity index is 404. The van der Waals surface area contributed by atoms with Crippen LogP contribution in [0.1, 0.15) is 34.1 Å². The van der Waals surface area contributed by atoms with E-state index in [1.165, 1.54) is 0 Å². The number of nitrogens with one attached hydrogen (secondary N) is 2. The highest BCUT2D eigenvalue weighted by Crippen LogP contribution is 2.18. The van der Waals surface area contributed by atoms with Crippen molar-refractivity contribution in [2.75, 3.05) is 24.6 Å². The molecular weight excluding hydrogens is 262 g/mol. The van der Waals surface area contributed by atoms with E-state index in [0.29, 0.717) is 24.3 Å². The second-order valence-electron chi connectivity index (χ2n) is 5.67. The quantitative estimate of drug-likeness (QED) is 0.585. The molecule has 0 radical (unpaired) electrons. The van der Waals surface area contributed by atoms with E-state index in [4.69, 9.17) is 0 Å². The summed E-state index contributed by atoms with van der Waals surface area (Å²) in [6.45, 7) is 9.85. The number of sulfone groups is 1. The lowest BCUT2D eigenvalue weighted by Gasteiger charge is -2.21. The van der Waals surface area contributed by atoms with Gasteiger partial charge in [0.2, 0.25) is 0 Å². The molecule has 1 heterocycles. The Morgan fingerprint density at radius 3 is 2.53 bits per heavy atom. The van der Waals surface area contributed by atoms with Crippen molar-refractivity contribution in [3.05, 3.63) is 0 Å². The van der Waals surface area contributed by atoms with Crippen LogP contribution in [0.25, 0.3) is 0 Å². The van der Waals surface area contributed by atoms with Crippen LogP contribution in [0.4, 0.5) is 0 Å². The Kier molecular flexibility index (Phi) is 6.10. The molecule has 0 aromatic rings. The monoisotopic (exact) mass is 289 g/mol. The number of hydrogen-bond acceptors (Lipinski definition) is 3. The molecule has 2 unspecified atom stereocenters. The standard InChI is InChI=1S/C13H27N3O2S/c1-5-14-13(16-11(4)10(2)3)15-8-12-6-7-19(17,18)9-12/h10-12H,5-9H2,1-4H3,(H2,14,15,16). The molecule has 6 heteroatoms. The molecule has 0 bridgehead atoms. The second-order valence-corrected chi connectivity index (χ2v) is 7.89. The Hall–Kier alpha value is -0.780. The number of rotatable bonds is 5. The van der Waals surface area contributed by atoms with Crippen LogP contribution in [0.15, 0.2) is 4.99 Å². The Morgan fingerprint density at radius 2 is 2.05 bits per heavy atom. The van der Waals surface area contributed by atoms with Crippen molar-refractivity contribution in [2.45, 2.75) is 40.2 Å². The summed E-state index contributed by atoms with van der Waals surface area (Å²) in [5.74, 6) is 2.09. The Labute approximate surface area is 117 Å². The SMILES string of the molecule is CCNC(=NCC1CCS(=O)(=O)C1)NC(C)C(C)C. The average Bonchev–Trinajstić information content (AvgIpc) is 2.66. The smallest absolute Gasteiger partial charge is 0.191 e. The average molecular weight is 289 g/mol. The van der Waals surface area contributed by atoms with E-state index < -0.39 is 9.84 Å². The lowest BCUT2D eigenvalue weighted by Crippen LogP contribution is -2.44. The van der Waals surface area contributed by atoms with Crippen LogP contribution in [-0.2, 0) is 9.84 Å². The van der Waals surface area contributed by atoms with E-state index in [1.807, 2.05) is 6.92 Å². The fraction of sp³-hybridized carbons (Fsp3) is 0.923. The number of guanidine groups is 1. The van der Waals surface area contributed by atoms with Gasteiger partial charge in [-0.05, 0) is 32.1 Å². The van der Waals surface area contributed by atoms with Gasteiger partial charge in [-0.3, -0.25) is 4.99 Å². The van der Waals surface area contributed by atoms with E-state index in [-0.39, 0.29) is 11.7 Å². The normalized spacial score (nSPS) is 24.5. The van der Waals surface area contributed by atoms with E-state index >= 15 is 0 Å². The lowest BCUT2D eigenvalue weighted by molar-refractivity contribution is 0.479. The Balaban J connectivity index is 2.53. The van der Waals surface area contributed by atoms with Gasteiger partial charge in [0.25, 0.3) is 0 Å². The van der Waals surface area contributed by atoms with Crippen LogP contribution in [-0.4, -0.2) is 45.0 Å². The predicted molar refractivity (Wildman–Crippen MR) is 80.2 cm³/mol. The van der Waals surface area contributed by atoms with Gasteiger partial charge in [0.1, 0.15) is 0 Å². The highest BCUT2D eigenvalue weighted by atomic mass is 32.2. The number of hydrogen-bond donors (Lipinski definition) is 2. The first kappa shape index (κ1) is 16.3. The zero-order chi connectivity index (χ0) is 14.5. The first-order valence-electron chi connectivity index (χ1n) is 7.09. The molecule has 0 spiro atoms. The minimum Gasteiger partial charge on any atom is -0.357 e. The molecule has 0 saturated carbocycles. The molecule has 0 aromatic heterocycles. The van der Waals surface area contributed by atoms with Crippen LogP contribution in [0.5, 0.6) is 0 Å². The van der Waals surface area contributed by atoms with Crippen molar-refractivity contribution in [1.29, 1.82) is 0 Å². The predicted octanol–water partition coefficient (Wildman–Crippen LogP) is 1.02. The highest BCUT2D eigenvalue weighted by Gasteiger charge is 2.27. The summed E-state index contributed by atoms with van der Waals surface area (Å²) in [5, 5.41) is 6.55. The molecule has 1 aliphatic rings. The molecule has 1 rings (SSSR count). The summed E-state index contributed by atoms with van der Waals surface area (Å²) in [6, 6.07) is 0.338. The summed E-state index contributed by atoms with van der Waals surface area (Å²) in [6.07, 6.45) is 0.741. The summed E-state index contributed by atoms with van der Waals surface area (Å²) in [7, 11) is -2.80. The van der Waals surface area contributed by atoms with Gasteiger partial charge in [-0.1, -0.05) is 13.8 Å². The zero-order valence-electron chi connectivity index (χ0n) is 12.4. The van der Waals surface area contributed by atoms with E-state index in [1.54, 1.807) is 0 Å². The van der Waals surface area contributed by atoms with Gasteiger partial charge in [-0.2, -0.15) is 0 Å². The van der Waals surface area contributed by atoms with Gasteiger partial charge < -0.3 is 10.6 Å².